The molecule has 1 heterocycles. The molecular weight excluding hydrogens is 384 g/mol. The maximum absolute atomic E-state index is 12.1. The van der Waals surface area contributed by atoms with Crippen LogP contribution in [0.4, 0.5) is 11.4 Å². The molecule has 0 saturated carbocycles. The predicted molar refractivity (Wildman–Crippen MR) is 101 cm³/mol. The molecule has 0 bridgehead atoms. The summed E-state index contributed by atoms with van der Waals surface area (Å²) in [7, 11) is 0. The monoisotopic (exact) mass is 396 g/mol. The van der Waals surface area contributed by atoms with E-state index >= 15 is 0 Å². The predicted octanol–water partition coefficient (Wildman–Crippen LogP) is 3.23. The van der Waals surface area contributed by atoms with Crippen LogP contribution in [0.25, 0.3) is 11.3 Å². The average molecular weight is 396 g/mol. The average Bonchev–Trinajstić information content (AvgIpc) is 3.17. The van der Waals surface area contributed by atoms with Crippen LogP contribution in [0.5, 0.6) is 5.75 Å². The van der Waals surface area contributed by atoms with Crippen molar-refractivity contribution in [2.24, 2.45) is 5.10 Å². The lowest BCUT2D eigenvalue weighted by atomic mass is 10.1. The molecule has 11 heteroatoms. The summed E-state index contributed by atoms with van der Waals surface area (Å²) >= 11 is 0. The molecule has 146 valence electrons. The third kappa shape index (κ3) is 4.42. The third-order valence-electron chi connectivity index (χ3n) is 3.78. The molecule has 3 rings (SSSR count). The summed E-state index contributed by atoms with van der Waals surface area (Å²) in [5.41, 5.74) is 2.05. The van der Waals surface area contributed by atoms with Gasteiger partial charge in [0.15, 0.2) is 0 Å². The first-order chi connectivity index (χ1) is 13.8. The number of phenols is 1. The Morgan fingerprint density at radius 1 is 1.00 bits per heavy atom. The number of nitro benzene ring substituents is 2. The van der Waals surface area contributed by atoms with Crippen LogP contribution in [-0.2, 0) is 0 Å². The van der Waals surface area contributed by atoms with Crippen molar-refractivity contribution < 1.29 is 24.2 Å². The second-order valence-electron chi connectivity index (χ2n) is 5.66. The molecule has 0 spiro atoms. The highest BCUT2D eigenvalue weighted by Crippen LogP contribution is 2.24. The van der Waals surface area contributed by atoms with Crippen molar-refractivity contribution in [3.63, 3.8) is 0 Å². The van der Waals surface area contributed by atoms with Crippen LogP contribution in [0.3, 0.4) is 0 Å². The van der Waals surface area contributed by atoms with Crippen LogP contribution in [0.15, 0.2) is 64.1 Å². The number of carbonyl (C=O) groups is 1. The van der Waals surface area contributed by atoms with Crippen LogP contribution >= 0.6 is 0 Å². The van der Waals surface area contributed by atoms with Gasteiger partial charge in [0.25, 0.3) is 17.3 Å². The number of phenolic OH excluding ortho intramolecular Hbond substituents is 1. The number of nitrogens with zero attached hydrogens (tertiary/aromatic N) is 3. The van der Waals surface area contributed by atoms with Crippen molar-refractivity contribution in [1.29, 1.82) is 0 Å². The smallest absolute Gasteiger partial charge is 0.275 e. The van der Waals surface area contributed by atoms with Gasteiger partial charge in [0.2, 0.25) is 0 Å². The van der Waals surface area contributed by atoms with E-state index in [2.05, 4.69) is 10.5 Å². The number of benzene rings is 2. The molecule has 0 atom stereocenters. The number of non-ortho nitro benzene ring substituents is 2. The number of nitrogens with one attached hydrogen (secondary N) is 1. The van der Waals surface area contributed by atoms with Crippen LogP contribution in [-0.4, -0.2) is 27.1 Å². The first-order valence-electron chi connectivity index (χ1n) is 8.00. The molecule has 1 aromatic heterocycles. The molecule has 0 aliphatic heterocycles. The Bertz CT molecular complexity index is 1120. The van der Waals surface area contributed by atoms with Gasteiger partial charge in [0.05, 0.1) is 21.6 Å². The Morgan fingerprint density at radius 2 is 1.66 bits per heavy atom. The summed E-state index contributed by atoms with van der Waals surface area (Å²) in [6.07, 6.45) is 1.20. The number of aromatic hydroxyl groups is 1. The Morgan fingerprint density at radius 3 is 2.31 bits per heavy atom. The lowest BCUT2D eigenvalue weighted by Crippen LogP contribution is -2.17. The van der Waals surface area contributed by atoms with Gasteiger partial charge in [-0.15, -0.1) is 0 Å². The molecule has 0 aliphatic rings. The minimum atomic E-state index is -0.843. The lowest BCUT2D eigenvalue weighted by molar-refractivity contribution is -0.385. The van der Waals surface area contributed by atoms with Crippen molar-refractivity contribution in [3.05, 3.63) is 86.1 Å². The van der Waals surface area contributed by atoms with E-state index < -0.39 is 21.5 Å². The number of hydrazone groups is 1. The molecule has 11 nitrogen and oxygen atoms in total. The Kier molecular flexibility index (Phi) is 5.30. The zero-order chi connectivity index (χ0) is 21.0. The fourth-order valence-corrected chi connectivity index (χ4v) is 2.36. The molecule has 0 fully saturated rings. The fourth-order valence-electron chi connectivity index (χ4n) is 2.36. The minimum absolute atomic E-state index is 0.0470. The summed E-state index contributed by atoms with van der Waals surface area (Å²) in [4.78, 5) is 32.3. The molecule has 0 saturated heterocycles. The number of nitro groups is 2. The molecular formula is C18H12N4O7. The SMILES string of the molecule is O=C(N/N=C/c1ccc(-c2ccc([N+](=O)[O-])cc2)o1)c1cc([N+](=O)[O-])ccc1O. The van der Waals surface area contributed by atoms with Crippen molar-refractivity contribution in [1.82, 2.24) is 5.43 Å². The summed E-state index contributed by atoms with van der Waals surface area (Å²) in [5.74, 6) is -0.558. The quantitative estimate of drug-likeness (QED) is 0.367. The first-order valence-corrected chi connectivity index (χ1v) is 8.00. The molecule has 2 aromatic carbocycles. The highest BCUT2D eigenvalue weighted by molar-refractivity contribution is 5.97. The lowest BCUT2D eigenvalue weighted by Gasteiger charge is -2.02. The standard InChI is InChI=1S/C18H12N4O7/c23-16-7-5-13(22(27)28)9-15(16)18(24)20-19-10-14-6-8-17(29-14)11-1-3-12(4-2-11)21(25)26/h1-10,23H,(H,20,24)/b19-10+. The van der Waals surface area contributed by atoms with Crippen LogP contribution in [0.1, 0.15) is 16.1 Å². The van der Waals surface area contributed by atoms with Gasteiger partial charge in [0, 0.05) is 29.8 Å². The first kappa shape index (κ1) is 19.2. The van der Waals surface area contributed by atoms with Gasteiger partial charge in [-0.2, -0.15) is 5.10 Å². The van der Waals surface area contributed by atoms with Gasteiger partial charge in [-0.3, -0.25) is 25.0 Å². The van der Waals surface area contributed by atoms with E-state index in [-0.39, 0.29) is 22.7 Å². The maximum Gasteiger partial charge on any atom is 0.275 e. The zero-order valence-electron chi connectivity index (χ0n) is 14.5. The number of carbonyl (C=O) groups excluding carboxylic acids is 1. The molecule has 3 aromatic rings. The highest BCUT2D eigenvalue weighted by atomic mass is 16.6. The van der Waals surface area contributed by atoms with E-state index in [1.54, 1.807) is 12.1 Å². The highest BCUT2D eigenvalue weighted by Gasteiger charge is 2.16. The van der Waals surface area contributed by atoms with E-state index in [1.165, 1.54) is 30.5 Å². The van der Waals surface area contributed by atoms with E-state index in [1.807, 2.05) is 0 Å². The van der Waals surface area contributed by atoms with Crippen LogP contribution in [0.2, 0.25) is 0 Å². The van der Waals surface area contributed by atoms with Crippen LogP contribution < -0.4 is 5.43 Å². The number of amides is 1. The number of hydrogen-bond acceptors (Lipinski definition) is 8. The van der Waals surface area contributed by atoms with Crippen molar-refractivity contribution in [3.8, 4) is 17.1 Å². The third-order valence-corrected chi connectivity index (χ3v) is 3.78. The van der Waals surface area contributed by atoms with Crippen molar-refractivity contribution >= 4 is 23.5 Å². The van der Waals surface area contributed by atoms with Gasteiger partial charge < -0.3 is 9.52 Å². The summed E-state index contributed by atoms with van der Waals surface area (Å²) in [5, 5.41) is 34.8. The van der Waals surface area contributed by atoms with E-state index in [0.717, 1.165) is 18.2 Å². The Labute approximate surface area is 162 Å². The van der Waals surface area contributed by atoms with Gasteiger partial charge in [-0.25, -0.2) is 5.43 Å². The van der Waals surface area contributed by atoms with Gasteiger partial charge >= 0.3 is 0 Å². The molecule has 0 aliphatic carbocycles. The maximum atomic E-state index is 12.1. The van der Waals surface area contributed by atoms with E-state index in [4.69, 9.17) is 4.42 Å². The summed E-state index contributed by atoms with van der Waals surface area (Å²) in [6.45, 7) is 0. The molecule has 0 unspecified atom stereocenters. The van der Waals surface area contributed by atoms with Crippen LogP contribution in [0, 0.1) is 20.2 Å². The molecule has 0 radical (unpaired) electrons. The molecule has 2 N–H and O–H groups in total. The Hall–Kier alpha value is -4.54. The van der Waals surface area contributed by atoms with E-state index in [0.29, 0.717) is 11.3 Å². The van der Waals surface area contributed by atoms with Gasteiger partial charge in [0.1, 0.15) is 17.3 Å². The largest absolute Gasteiger partial charge is 0.507 e. The van der Waals surface area contributed by atoms with E-state index in [9.17, 15) is 30.1 Å². The molecule has 29 heavy (non-hydrogen) atoms. The zero-order valence-corrected chi connectivity index (χ0v) is 14.5. The second kappa shape index (κ2) is 8.00. The minimum Gasteiger partial charge on any atom is -0.507 e. The van der Waals surface area contributed by atoms with Crippen molar-refractivity contribution in [2.75, 3.05) is 0 Å². The summed E-state index contributed by atoms with van der Waals surface area (Å²) in [6, 6.07) is 12.0. The van der Waals surface area contributed by atoms with Gasteiger partial charge in [-0.1, -0.05) is 0 Å². The van der Waals surface area contributed by atoms with Crippen molar-refractivity contribution in [2.45, 2.75) is 0 Å². The number of hydrogen-bond donors (Lipinski definition) is 2. The van der Waals surface area contributed by atoms with Gasteiger partial charge in [-0.05, 0) is 30.3 Å². The Balaban J connectivity index is 1.68. The second-order valence-corrected chi connectivity index (χ2v) is 5.66. The number of furan rings is 1. The normalized spacial score (nSPS) is 10.8. The number of rotatable bonds is 6. The molecule has 1 amide bonds. The summed E-state index contributed by atoms with van der Waals surface area (Å²) < 4.78 is 5.52. The topological polar surface area (TPSA) is 161 Å². The fraction of sp³-hybridized carbons (Fsp3) is 0.